The molecule has 0 aliphatic rings. The molecule has 0 bridgehead atoms. The molecule has 0 heterocycles. The molecule has 1 aromatic carbocycles. The summed E-state index contributed by atoms with van der Waals surface area (Å²) in [7, 11) is -4.07. The lowest BCUT2D eigenvalue weighted by atomic mass is 10.1. The van der Waals surface area contributed by atoms with Crippen molar-refractivity contribution in [3.8, 4) is 0 Å². The van der Waals surface area contributed by atoms with Crippen LogP contribution in [0, 0.1) is 5.82 Å². The number of sulfonamides is 1. The Balaban J connectivity index is 3.51. The number of carbonyl (C=O) groups is 1. The maximum absolute atomic E-state index is 13.3. The Morgan fingerprint density at radius 1 is 1.50 bits per heavy atom. The largest absolute Gasteiger partial charge is 0.294 e. The molecular weight excluding hydrogens is 257 g/mol. The number of hydrogen-bond acceptors (Lipinski definition) is 3. The summed E-state index contributed by atoms with van der Waals surface area (Å²) in [4.78, 5) is 10.9. The van der Waals surface area contributed by atoms with E-state index in [1.165, 1.54) is 6.92 Å². The topological polar surface area (TPSA) is 77.2 Å². The lowest BCUT2D eigenvalue weighted by Gasteiger charge is -2.05. The number of Topliss-reactive ketones (excluding diaryl/α,β-unsaturated/α-hetero) is 1. The highest BCUT2D eigenvalue weighted by molar-refractivity contribution is 7.89. The molecule has 0 radical (unpaired) electrons. The van der Waals surface area contributed by atoms with E-state index in [2.05, 4.69) is 0 Å². The fourth-order valence-electron chi connectivity index (χ4n) is 1.15. The number of hydrogen-bond donors (Lipinski definition) is 1. The second kappa shape index (κ2) is 4.48. The van der Waals surface area contributed by atoms with Crippen LogP contribution in [0.1, 0.15) is 23.7 Å². The summed E-state index contributed by atoms with van der Waals surface area (Å²) in [5.74, 6) is -1.37. The molecular formula is C9H9ClFNO3S. The van der Waals surface area contributed by atoms with Crippen LogP contribution in [-0.2, 0) is 10.0 Å². The lowest BCUT2D eigenvalue weighted by Crippen LogP contribution is -2.14. The minimum absolute atomic E-state index is 0.0581. The van der Waals surface area contributed by atoms with Gasteiger partial charge in [0.15, 0.2) is 5.78 Å². The monoisotopic (exact) mass is 265 g/mol. The minimum atomic E-state index is -4.07. The molecule has 7 heteroatoms. The highest BCUT2D eigenvalue weighted by Crippen LogP contribution is 2.24. The first kappa shape index (κ1) is 13.1. The van der Waals surface area contributed by atoms with Crippen molar-refractivity contribution in [2.45, 2.75) is 18.2 Å². The summed E-state index contributed by atoms with van der Waals surface area (Å²) in [5, 5.41) is 4.53. The van der Waals surface area contributed by atoms with E-state index in [-0.39, 0.29) is 17.0 Å². The van der Waals surface area contributed by atoms with Gasteiger partial charge in [0.1, 0.15) is 10.7 Å². The normalized spacial score (nSPS) is 11.5. The first-order valence-electron chi connectivity index (χ1n) is 4.32. The zero-order chi connectivity index (χ0) is 12.5. The molecule has 0 unspecified atom stereocenters. The van der Waals surface area contributed by atoms with Crippen LogP contribution in [0.2, 0.25) is 5.02 Å². The van der Waals surface area contributed by atoms with Crippen molar-refractivity contribution in [3.63, 3.8) is 0 Å². The van der Waals surface area contributed by atoms with E-state index >= 15 is 0 Å². The fourth-order valence-corrected chi connectivity index (χ4v) is 2.24. The van der Waals surface area contributed by atoms with Crippen molar-refractivity contribution in [3.05, 3.63) is 28.5 Å². The predicted octanol–water partition coefficient (Wildman–Crippen LogP) is 1.72. The van der Waals surface area contributed by atoms with Gasteiger partial charge in [0.25, 0.3) is 0 Å². The Labute approximate surface area is 97.3 Å². The van der Waals surface area contributed by atoms with E-state index in [4.69, 9.17) is 16.7 Å². The standard InChI is InChI=1S/C9H9ClFNO3S/c1-2-8(13)5-3-9(16(12,14)15)6(10)4-7(5)11/h3-4H,2H2,1H3,(H2,12,14,15). The Morgan fingerprint density at radius 2 is 2.06 bits per heavy atom. The van der Waals surface area contributed by atoms with Gasteiger partial charge >= 0.3 is 0 Å². The van der Waals surface area contributed by atoms with Crippen LogP contribution in [-0.4, -0.2) is 14.2 Å². The summed E-state index contributed by atoms with van der Waals surface area (Å²) in [5.41, 5.74) is -0.323. The second-order valence-corrected chi connectivity index (χ2v) is 5.02. The first-order valence-corrected chi connectivity index (χ1v) is 6.24. The van der Waals surface area contributed by atoms with Crippen molar-refractivity contribution < 1.29 is 17.6 Å². The highest BCUT2D eigenvalue weighted by Gasteiger charge is 2.19. The quantitative estimate of drug-likeness (QED) is 0.846. The van der Waals surface area contributed by atoms with Gasteiger partial charge in [0.2, 0.25) is 10.0 Å². The smallest absolute Gasteiger partial charge is 0.239 e. The van der Waals surface area contributed by atoms with Crippen LogP contribution in [0.25, 0.3) is 0 Å². The molecule has 0 spiro atoms. The van der Waals surface area contributed by atoms with Crippen molar-refractivity contribution >= 4 is 27.4 Å². The van der Waals surface area contributed by atoms with E-state index in [1.54, 1.807) is 0 Å². The number of nitrogens with two attached hydrogens (primary N) is 1. The van der Waals surface area contributed by atoms with E-state index < -0.39 is 26.5 Å². The third kappa shape index (κ3) is 2.58. The van der Waals surface area contributed by atoms with Crippen LogP contribution >= 0.6 is 11.6 Å². The molecule has 0 saturated carbocycles. The molecule has 1 rings (SSSR count). The number of carbonyl (C=O) groups excluding carboxylic acids is 1. The van der Waals surface area contributed by atoms with Gasteiger partial charge in [-0.25, -0.2) is 17.9 Å². The van der Waals surface area contributed by atoms with Gasteiger partial charge in [-0.3, -0.25) is 4.79 Å². The minimum Gasteiger partial charge on any atom is -0.294 e. The average Bonchev–Trinajstić information content (AvgIpc) is 2.14. The summed E-state index contributed by atoms with van der Waals surface area (Å²) in [6.45, 7) is 1.53. The molecule has 0 aliphatic carbocycles. The second-order valence-electron chi connectivity index (χ2n) is 3.08. The number of rotatable bonds is 3. The van der Waals surface area contributed by atoms with Gasteiger partial charge in [-0.15, -0.1) is 0 Å². The first-order chi connectivity index (χ1) is 7.27. The molecule has 0 fully saturated rings. The summed E-state index contributed by atoms with van der Waals surface area (Å²) < 4.78 is 35.5. The Bertz CT molecular complexity index is 542. The molecule has 88 valence electrons. The van der Waals surface area contributed by atoms with E-state index in [0.29, 0.717) is 0 Å². The van der Waals surface area contributed by atoms with Gasteiger partial charge < -0.3 is 0 Å². The zero-order valence-corrected chi connectivity index (χ0v) is 9.90. The van der Waals surface area contributed by atoms with Crippen LogP contribution in [0.5, 0.6) is 0 Å². The Morgan fingerprint density at radius 3 is 2.50 bits per heavy atom. The molecule has 0 aliphatic heterocycles. The maximum atomic E-state index is 13.3. The average molecular weight is 266 g/mol. The Hall–Kier alpha value is -0.980. The maximum Gasteiger partial charge on any atom is 0.239 e. The van der Waals surface area contributed by atoms with Crippen molar-refractivity contribution in [1.29, 1.82) is 0 Å². The van der Waals surface area contributed by atoms with Crippen LogP contribution in [0.4, 0.5) is 4.39 Å². The van der Waals surface area contributed by atoms with Crippen molar-refractivity contribution in [2.75, 3.05) is 0 Å². The molecule has 0 amide bonds. The van der Waals surface area contributed by atoms with E-state index in [9.17, 15) is 17.6 Å². The molecule has 0 atom stereocenters. The third-order valence-corrected chi connectivity index (χ3v) is 3.33. The summed E-state index contributed by atoms with van der Waals surface area (Å²) in [6.07, 6.45) is 0.0581. The SMILES string of the molecule is CCC(=O)c1cc(S(N)(=O)=O)c(Cl)cc1F. The van der Waals surface area contributed by atoms with E-state index in [1.807, 2.05) is 0 Å². The molecule has 16 heavy (non-hydrogen) atoms. The summed E-state index contributed by atoms with van der Waals surface area (Å²) in [6, 6.07) is 1.63. The summed E-state index contributed by atoms with van der Waals surface area (Å²) >= 11 is 5.52. The van der Waals surface area contributed by atoms with Gasteiger partial charge in [-0.05, 0) is 12.1 Å². The Kier molecular flexibility index (Phi) is 3.67. The van der Waals surface area contributed by atoms with Crippen LogP contribution in [0.3, 0.4) is 0 Å². The van der Waals surface area contributed by atoms with Gasteiger partial charge in [0, 0.05) is 6.42 Å². The number of ketones is 1. The van der Waals surface area contributed by atoms with Crippen LogP contribution < -0.4 is 5.14 Å². The third-order valence-electron chi connectivity index (χ3n) is 1.95. The highest BCUT2D eigenvalue weighted by atomic mass is 35.5. The number of primary sulfonamides is 1. The van der Waals surface area contributed by atoms with Crippen molar-refractivity contribution in [2.24, 2.45) is 5.14 Å². The molecule has 1 aromatic rings. The van der Waals surface area contributed by atoms with E-state index in [0.717, 1.165) is 12.1 Å². The molecule has 4 nitrogen and oxygen atoms in total. The van der Waals surface area contributed by atoms with Gasteiger partial charge in [0.05, 0.1) is 10.6 Å². The number of halogens is 2. The number of benzene rings is 1. The van der Waals surface area contributed by atoms with Gasteiger partial charge in [-0.1, -0.05) is 18.5 Å². The predicted molar refractivity (Wildman–Crippen MR) is 57.4 cm³/mol. The molecule has 2 N–H and O–H groups in total. The van der Waals surface area contributed by atoms with Crippen molar-refractivity contribution in [1.82, 2.24) is 0 Å². The zero-order valence-electron chi connectivity index (χ0n) is 8.33. The fraction of sp³-hybridized carbons (Fsp3) is 0.222. The van der Waals surface area contributed by atoms with Gasteiger partial charge in [-0.2, -0.15) is 0 Å². The van der Waals surface area contributed by atoms with Crippen LogP contribution in [0.15, 0.2) is 17.0 Å². The molecule has 0 aromatic heterocycles. The lowest BCUT2D eigenvalue weighted by molar-refractivity contribution is 0.0984. The molecule has 0 saturated heterocycles.